The summed E-state index contributed by atoms with van der Waals surface area (Å²) in [6.45, 7) is 0. The number of nitro groups is 1. The van der Waals surface area contributed by atoms with Gasteiger partial charge in [-0.25, -0.2) is 8.42 Å². The van der Waals surface area contributed by atoms with Crippen molar-refractivity contribution < 1.29 is 18.1 Å². The summed E-state index contributed by atoms with van der Waals surface area (Å²) in [4.78, 5) is 9.94. The predicted molar refractivity (Wildman–Crippen MR) is 95.8 cm³/mol. The third kappa shape index (κ3) is 3.63. The zero-order valence-electron chi connectivity index (χ0n) is 13.3. The van der Waals surface area contributed by atoms with Gasteiger partial charge in [-0.3, -0.25) is 14.8 Å². The van der Waals surface area contributed by atoms with Crippen LogP contribution in [0.1, 0.15) is 0 Å². The Bertz CT molecular complexity index is 1030. The molecule has 11 heteroatoms. The third-order valence-electron chi connectivity index (χ3n) is 3.44. The van der Waals surface area contributed by atoms with E-state index in [1.807, 2.05) is 0 Å². The van der Waals surface area contributed by atoms with Gasteiger partial charge in [-0.2, -0.15) is 0 Å². The lowest BCUT2D eigenvalue weighted by Crippen LogP contribution is -2.14. The first-order valence-corrected chi connectivity index (χ1v) is 9.45. The van der Waals surface area contributed by atoms with E-state index in [4.69, 9.17) is 4.74 Å². The summed E-state index contributed by atoms with van der Waals surface area (Å²) < 4.78 is 36.4. The molecule has 0 atom stereocenters. The van der Waals surface area contributed by atoms with E-state index < -0.39 is 14.9 Å². The van der Waals surface area contributed by atoms with Crippen LogP contribution in [0.3, 0.4) is 0 Å². The largest absolute Gasteiger partial charge is 0.495 e. The molecule has 1 N–H and O–H groups in total. The number of methoxy groups -OCH3 is 1. The molecule has 0 spiro atoms. The monoisotopic (exact) mass is 392 g/mol. The predicted octanol–water partition coefficient (Wildman–Crippen LogP) is 2.92. The van der Waals surface area contributed by atoms with Gasteiger partial charge < -0.3 is 4.74 Å². The van der Waals surface area contributed by atoms with Gasteiger partial charge in [0.25, 0.3) is 15.7 Å². The van der Waals surface area contributed by atoms with Crippen LogP contribution in [0.25, 0.3) is 11.3 Å². The van der Waals surface area contributed by atoms with Gasteiger partial charge in [-0.05, 0) is 29.7 Å². The molecule has 1 aromatic heterocycles. The zero-order valence-corrected chi connectivity index (χ0v) is 15.0. The van der Waals surface area contributed by atoms with Gasteiger partial charge in [-0.1, -0.05) is 16.6 Å². The minimum Gasteiger partial charge on any atom is -0.495 e. The van der Waals surface area contributed by atoms with Crippen molar-refractivity contribution in [2.24, 2.45) is 0 Å². The number of aromatic nitrogens is 2. The molecule has 0 saturated heterocycles. The first-order chi connectivity index (χ1) is 12.4. The molecule has 3 aromatic rings. The quantitative estimate of drug-likeness (QED) is 0.505. The Morgan fingerprint density at radius 1 is 1.19 bits per heavy atom. The molecule has 0 unspecified atom stereocenters. The van der Waals surface area contributed by atoms with E-state index in [1.165, 1.54) is 30.8 Å². The molecule has 0 saturated carbocycles. The smallest absolute Gasteiger partial charge is 0.271 e. The summed E-state index contributed by atoms with van der Waals surface area (Å²) in [7, 11) is -2.80. The number of ether oxygens (including phenoxy) is 1. The van der Waals surface area contributed by atoms with Crippen molar-refractivity contribution in [1.29, 1.82) is 0 Å². The van der Waals surface area contributed by atoms with Crippen molar-refractivity contribution in [2.45, 2.75) is 4.90 Å². The SMILES string of the molecule is COc1ccc([N+](=O)[O-])cc1S(=O)(=O)Nc1ccc(-c2csnn2)cc1. The van der Waals surface area contributed by atoms with Gasteiger partial charge in [0.05, 0.1) is 12.0 Å². The molecule has 0 amide bonds. The molecule has 0 fully saturated rings. The summed E-state index contributed by atoms with van der Waals surface area (Å²) in [5.41, 5.74) is 1.42. The first-order valence-electron chi connectivity index (χ1n) is 7.13. The molecule has 0 aliphatic carbocycles. The highest BCUT2D eigenvalue weighted by atomic mass is 32.2. The average Bonchev–Trinajstić information content (AvgIpc) is 3.16. The van der Waals surface area contributed by atoms with Crippen molar-refractivity contribution in [1.82, 2.24) is 9.59 Å². The molecule has 3 rings (SSSR count). The number of benzene rings is 2. The number of hydrogen-bond donors (Lipinski definition) is 1. The van der Waals surface area contributed by atoms with E-state index in [9.17, 15) is 18.5 Å². The highest BCUT2D eigenvalue weighted by molar-refractivity contribution is 7.92. The fourth-order valence-corrected chi connectivity index (χ4v) is 3.91. The lowest BCUT2D eigenvalue weighted by atomic mass is 10.2. The number of sulfonamides is 1. The Hall–Kier alpha value is -3.05. The highest BCUT2D eigenvalue weighted by Crippen LogP contribution is 2.30. The van der Waals surface area contributed by atoms with E-state index in [0.717, 1.165) is 11.6 Å². The summed E-state index contributed by atoms with van der Waals surface area (Å²) in [6, 6.07) is 9.89. The molecule has 0 aliphatic heterocycles. The normalized spacial score (nSPS) is 11.1. The Kier molecular flexibility index (Phi) is 4.82. The number of non-ortho nitro benzene ring substituents is 1. The number of rotatable bonds is 6. The van der Waals surface area contributed by atoms with Gasteiger partial charge >= 0.3 is 0 Å². The summed E-state index contributed by atoms with van der Waals surface area (Å²) in [5.74, 6) is 0.00766. The first kappa shape index (κ1) is 17.8. The van der Waals surface area contributed by atoms with Crippen LogP contribution in [0.4, 0.5) is 11.4 Å². The fraction of sp³-hybridized carbons (Fsp3) is 0.0667. The molecular weight excluding hydrogens is 380 g/mol. The van der Waals surface area contributed by atoms with Crippen LogP contribution >= 0.6 is 11.5 Å². The Balaban J connectivity index is 1.91. The molecular formula is C15H12N4O5S2. The van der Waals surface area contributed by atoms with E-state index in [2.05, 4.69) is 14.3 Å². The van der Waals surface area contributed by atoms with Gasteiger partial charge in [-0.15, -0.1) is 5.10 Å². The maximum Gasteiger partial charge on any atom is 0.271 e. The number of nitro benzene ring substituents is 1. The van der Waals surface area contributed by atoms with E-state index in [1.54, 1.807) is 29.6 Å². The van der Waals surface area contributed by atoms with Crippen LogP contribution in [-0.4, -0.2) is 30.0 Å². The van der Waals surface area contributed by atoms with Crippen molar-refractivity contribution in [2.75, 3.05) is 11.8 Å². The van der Waals surface area contributed by atoms with Crippen molar-refractivity contribution in [3.63, 3.8) is 0 Å². The molecule has 9 nitrogen and oxygen atoms in total. The highest BCUT2D eigenvalue weighted by Gasteiger charge is 2.23. The summed E-state index contributed by atoms with van der Waals surface area (Å²) in [5, 5.41) is 16.6. The standard InChI is InChI=1S/C15H12N4O5S2/c1-24-14-7-6-12(19(20)21)8-15(14)26(22,23)17-11-4-2-10(3-5-11)13-9-25-18-16-13/h2-9,17H,1H3. The lowest BCUT2D eigenvalue weighted by molar-refractivity contribution is -0.385. The lowest BCUT2D eigenvalue weighted by Gasteiger charge is -2.11. The van der Waals surface area contributed by atoms with Gasteiger partial charge in [0.1, 0.15) is 16.3 Å². The number of nitrogens with one attached hydrogen (secondary N) is 1. The van der Waals surface area contributed by atoms with Crippen LogP contribution in [0.2, 0.25) is 0 Å². The van der Waals surface area contributed by atoms with Crippen LogP contribution in [0.15, 0.2) is 52.7 Å². The Morgan fingerprint density at radius 3 is 2.50 bits per heavy atom. The second-order valence-corrected chi connectivity index (χ2v) is 7.33. The summed E-state index contributed by atoms with van der Waals surface area (Å²) in [6.07, 6.45) is 0. The number of hydrogen-bond acceptors (Lipinski definition) is 8. The number of nitrogens with zero attached hydrogens (tertiary/aromatic N) is 3. The molecule has 26 heavy (non-hydrogen) atoms. The molecule has 0 radical (unpaired) electrons. The minimum atomic E-state index is -4.08. The van der Waals surface area contributed by atoms with E-state index in [0.29, 0.717) is 11.4 Å². The second kappa shape index (κ2) is 7.06. The molecule has 134 valence electrons. The van der Waals surface area contributed by atoms with E-state index >= 15 is 0 Å². The maximum atomic E-state index is 12.6. The molecule has 2 aromatic carbocycles. The van der Waals surface area contributed by atoms with Gasteiger partial charge in [0, 0.05) is 28.8 Å². The van der Waals surface area contributed by atoms with Crippen molar-refractivity contribution in [3.05, 3.63) is 58.0 Å². The molecule has 1 heterocycles. The molecule has 0 bridgehead atoms. The molecule has 0 aliphatic rings. The Morgan fingerprint density at radius 2 is 1.92 bits per heavy atom. The van der Waals surface area contributed by atoms with E-state index in [-0.39, 0.29) is 16.3 Å². The van der Waals surface area contributed by atoms with Crippen LogP contribution in [0.5, 0.6) is 5.75 Å². The fourth-order valence-electron chi connectivity index (χ4n) is 2.20. The van der Waals surface area contributed by atoms with Gasteiger partial charge in [0.15, 0.2) is 0 Å². The average molecular weight is 392 g/mol. The third-order valence-corrected chi connectivity index (χ3v) is 5.35. The number of anilines is 1. The zero-order chi connectivity index (χ0) is 18.7. The second-order valence-electron chi connectivity index (χ2n) is 5.07. The van der Waals surface area contributed by atoms with Crippen LogP contribution in [0, 0.1) is 10.1 Å². The Labute approximate surface area is 152 Å². The van der Waals surface area contributed by atoms with Crippen LogP contribution < -0.4 is 9.46 Å². The van der Waals surface area contributed by atoms with Crippen molar-refractivity contribution >= 4 is 32.9 Å². The maximum absolute atomic E-state index is 12.6. The summed E-state index contributed by atoms with van der Waals surface area (Å²) >= 11 is 1.21. The minimum absolute atomic E-state index is 0.00766. The van der Waals surface area contributed by atoms with Crippen LogP contribution in [-0.2, 0) is 10.0 Å². The van der Waals surface area contributed by atoms with Crippen molar-refractivity contribution in [3.8, 4) is 17.0 Å². The topological polar surface area (TPSA) is 124 Å². The van der Waals surface area contributed by atoms with Gasteiger partial charge in [0.2, 0.25) is 0 Å².